The summed E-state index contributed by atoms with van der Waals surface area (Å²) in [4.78, 5) is 14.9. The Labute approximate surface area is 149 Å². The van der Waals surface area contributed by atoms with E-state index in [1.165, 1.54) is 5.56 Å². The number of nitrogens with zero attached hydrogens (tertiary/aromatic N) is 1. The van der Waals surface area contributed by atoms with Gasteiger partial charge in [-0.25, -0.2) is 0 Å². The molecule has 2 N–H and O–H groups in total. The summed E-state index contributed by atoms with van der Waals surface area (Å²) in [6.07, 6.45) is 0. The van der Waals surface area contributed by atoms with E-state index in [1.54, 1.807) is 7.11 Å². The molecule has 2 heterocycles. The van der Waals surface area contributed by atoms with E-state index in [0.717, 1.165) is 45.1 Å². The highest BCUT2D eigenvalue weighted by molar-refractivity contribution is 5.78. The van der Waals surface area contributed by atoms with Crippen LogP contribution in [0, 0.1) is 11.8 Å². The number of benzene rings is 1. The van der Waals surface area contributed by atoms with Crippen molar-refractivity contribution in [2.24, 2.45) is 11.8 Å². The molecule has 0 aliphatic carbocycles. The molecule has 0 saturated carbocycles. The Bertz CT molecular complexity index is 554. The zero-order chi connectivity index (χ0) is 17.6. The van der Waals surface area contributed by atoms with E-state index in [1.807, 2.05) is 19.1 Å². The second-order valence-corrected chi connectivity index (χ2v) is 6.89. The van der Waals surface area contributed by atoms with Crippen LogP contribution in [0.2, 0.25) is 0 Å². The van der Waals surface area contributed by atoms with Crippen molar-refractivity contribution in [2.75, 3.05) is 53.0 Å². The lowest BCUT2D eigenvalue weighted by Crippen LogP contribution is -2.51. The highest BCUT2D eigenvalue weighted by atomic mass is 16.5. The molecule has 2 unspecified atom stereocenters. The zero-order valence-corrected chi connectivity index (χ0v) is 15.2. The fourth-order valence-corrected chi connectivity index (χ4v) is 3.41. The topological polar surface area (TPSA) is 62.8 Å². The highest BCUT2D eigenvalue weighted by Gasteiger charge is 2.30. The van der Waals surface area contributed by atoms with E-state index >= 15 is 0 Å². The number of carbonyl (C=O) groups is 1. The molecule has 1 amide bonds. The number of amides is 1. The van der Waals surface area contributed by atoms with Gasteiger partial charge in [0.2, 0.25) is 5.91 Å². The average molecular weight is 347 g/mol. The number of hydrogen-bond donors (Lipinski definition) is 2. The number of morpholine rings is 1. The lowest BCUT2D eigenvalue weighted by molar-refractivity contribution is -0.127. The molecule has 2 atom stereocenters. The van der Waals surface area contributed by atoms with Gasteiger partial charge in [0.05, 0.1) is 26.4 Å². The molecule has 0 spiro atoms. The molecule has 138 valence electrons. The quantitative estimate of drug-likeness (QED) is 0.772. The maximum atomic E-state index is 12.5. The van der Waals surface area contributed by atoms with Gasteiger partial charge in [0.25, 0.3) is 0 Å². The molecule has 0 bridgehead atoms. The Morgan fingerprint density at radius 3 is 2.56 bits per heavy atom. The van der Waals surface area contributed by atoms with Gasteiger partial charge < -0.3 is 20.1 Å². The van der Waals surface area contributed by atoms with Crippen LogP contribution in [-0.4, -0.2) is 63.9 Å². The minimum atomic E-state index is 0.0578. The van der Waals surface area contributed by atoms with Gasteiger partial charge in [0, 0.05) is 25.6 Å². The Hall–Kier alpha value is -1.63. The number of rotatable bonds is 7. The van der Waals surface area contributed by atoms with Gasteiger partial charge >= 0.3 is 0 Å². The molecule has 1 aromatic carbocycles. The molecule has 0 radical (unpaired) electrons. The monoisotopic (exact) mass is 347 g/mol. The van der Waals surface area contributed by atoms with E-state index in [2.05, 4.69) is 27.7 Å². The Morgan fingerprint density at radius 2 is 2.00 bits per heavy atom. The molecular formula is C19H29N3O3. The van der Waals surface area contributed by atoms with Gasteiger partial charge in [-0.2, -0.15) is 0 Å². The third kappa shape index (κ3) is 4.51. The molecule has 25 heavy (non-hydrogen) atoms. The summed E-state index contributed by atoms with van der Waals surface area (Å²) in [6, 6.07) is 8.29. The van der Waals surface area contributed by atoms with Crippen LogP contribution in [-0.2, 0) is 9.53 Å². The van der Waals surface area contributed by atoms with Crippen LogP contribution in [0.15, 0.2) is 24.3 Å². The van der Waals surface area contributed by atoms with Crippen molar-refractivity contribution in [3.05, 3.63) is 29.8 Å². The number of ether oxygens (including phenoxy) is 2. The molecule has 6 nitrogen and oxygen atoms in total. The van der Waals surface area contributed by atoms with Gasteiger partial charge in [-0.1, -0.05) is 19.1 Å². The summed E-state index contributed by atoms with van der Waals surface area (Å²) in [5.41, 5.74) is 1.20. The van der Waals surface area contributed by atoms with Crippen LogP contribution in [0.1, 0.15) is 18.5 Å². The number of hydrogen-bond acceptors (Lipinski definition) is 5. The van der Waals surface area contributed by atoms with Crippen molar-refractivity contribution in [2.45, 2.75) is 13.0 Å². The van der Waals surface area contributed by atoms with Gasteiger partial charge in [-0.05, 0) is 36.7 Å². The largest absolute Gasteiger partial charge is 0.497 e. The summed E-state index contributed by atoms with van der Waals surface area (Å²) >= 11 is 0. The minimum absolute atomic E-state index is 0.0578. The van der Waals surface area contributed by atoms with E-state index in [-0.39, 0.29) is 17.9 Å². The predicted molar refractivity (Wildman–Crippen MR) is 96.7 cm³/mol. The molecule has 2 saturated heterocycles. The van der Waals surface area contributed by atoms with Crippen molar-refractivity contribution in [3.8, 4) is 5.75 Å². The second kappa shape index (κ2) is 8.65. The zero-order valence-electron chi connectivity index (χ0n) is 15.2. The molecule has 3 rings (SSSR count). The third-order valence-corrected chi connectivity index (χ3v) is 5.39. The van der Waals surface area contributed by atoms with Gasteiger partial charge in [-0.15, -0.1) is 0 Å². The molecule has 6 heteroatoms. The molecule has 2 fully saturated rings. The molecular weight excluding hydrogens is 318 g/mol. The summed E-state index contributed by atoms with van der Waals surface area (Å²) < 4.78 is 10.7. The van der Waals surface area contributed by atoms with Crippen LogP contribution in [0.4, 0.5) is 0 Å². The lowest BCUT2D eigenvalue weighted by atomic mass is 9.88. The summed E-state index contributed by atoms with van der Waals surface area (Å²) in [5.74, 6) is 1.52. The van der Waals surface area contributed by atoms with Crippen molar-refractivity contribution < 1.29 is 14.3 Å². The first-order valence-electron chi connectivity index (χ1n) is 9.13. The Kier molecular flexibility index (Phi) is 6.29. The first-order valence-corrected chi connectivity index (χ1v) is 9.13. The van der Waals surface area contributed by atoms with Crippen molar-refractivity contribution in [1.29, 1.82) is 0 Å². The standard InChI is InChI=1S/C19H29N3O3/c1-14(16-11-20-12-16)19(23)21-13-18(22-7-9-25-10-8-22)15-3-5-17(24-2)6-4-15/h3-6,14,16,18,20H,7-13H2,1-2H3,(H,21,23). The predicted octanol–water partition coefficient (Wildman–Crippen LogP) is 1.04. The summed E-state index contributed by atoms with van der Waals surface area (Å²) in [5, 5.41) is 6.41. The Morgan fingerprint density at radius 1 is 1.32 bits per heavy atom. The van der Waals surface area contributed by atoms with Crippen molar-refractivity contribution in [1.82, 2.24) is 15.5 Å². The maximum absolute atomic E-state index is 12.5. The van der Waals surface area contributed by atoms with Crippen molar-refractivity contribution in [3.63, 3.8) is 0 Å². The number of nitrogens with one attached hydrogen (secondary N) is 2. The van der Waals surface area contributed by atoms with Crippen LogP contribution >= 0.6 is 0 Å². The van der Waals surface area contributed by atoms with Crippen LogP contribution in [0.25, 0.3) is 0 Å². The summed E-state index contributed by atoms with van der Waals surface area (Å²) in [7, 11) is 1.67. The average Bonchev–Trinajstić information content (AvgIpc) is 2.61. The first-order chi connectivity index (χ1) is 12.2. The Balaban J connectivity index is 1.65. The third-order valence-electron chi connectivity index (χ3n) is 5.39. The number of methoxy groups -OCH3 is 1. The molecule has 2 aliphatic heterocycles. The second-order valence-electron chi connectivity index (χ2n) is 6.89. The van der Waals surface area contributed by atoms with Gasteiger partial charge in [-0.3, -0.25) is 9.69 Å². The van der Waals surface area contributed by atoms with Crippen molar-refractivity contribution >= 4 is 5.91 Å². The van der Waals surface area contributed by atoms with E-state index in [9.17, 15) is 4.79 Å². The molecule has 1 aromatic rings. The fourth-order valence-electron chi connectivity index (χ4n) is 3.41. The highest BCUT2D eigenvalue weighted by Crippen LogP contribution is 2.24. The maximum Gasteiger partial charge on any atom is 0.223 e. The van der Waals surface area contributed by atoms with Gasteiger partial charge in [0.15, 0.2) is 0 Å². The van der Waals surface area contributed by atoms with E-state index in [4.69, 9.17) is 9.47 Å². The van der Waals surface area contributed by atoms with Crippen LogP contribution < -0.4 is 15.4 Å². The lowest BCUT2D eigenvalue weighted by Gasteiger charge is -2.36. The smallest absolute Gasteiger partial charge is 0.223 e. The minimum Gasteiger partial charge on any atom is -0.497 e. The SMILES string of the molecule is COc1ccc(C(CNC(=O)C(C)C2CNC2)N2CCOCC2)cc1. The summed E-state index contributed by atoms with van der Waals surface area (Å²) in [6.45, 7) is 7.78. The van der Waals surface area contributed by atoms with E-state index in [0.29, 0.717) is 12.5 Å². The molecule has 0 aromatic heterocycles. The number of carbonyl (C=O) groups excluding carboxylic acids is 1. The fraction of sp³-hybridized carbons (Fsp3) is 0.632. The van der Waals surface area contributed by atoms with Crippen LogP contribution in [0.5, 0.6) is 5.75 Å². The molecule has 2 aliphatic rings. The first kappa shape index (κ1) is 18.2. The van der Waals surface area contributed by atoms with E-state index < -0.39 is 0 Å². The van der Waals surface area contributed by atoms with Gasteiger partial charge in [0.1, 0.15) is 5.75 Å². The normalized spacial score (nSPS) is 21.2. The van der Waals surface area contributed by atoms with Crippen LogP contribution in [0.3, 0.4) is 0 Å².